The van der Waals surface area contributed by atoms with E-state index >= 15 is 0 Å². The van der Waals surface area contributed by atoms with Crippen molar-refractivity contribution in [2.24, 2.45) is 5.92 Å². The van der Waals surface area contributed by atoms with Crippen molar-refractivity contribution in [2.75, 3.05) is 26.9 Å². The molecule has 0 bridgehead atoms. The highest BCUT2D eigenvalue weighted by atomic mass is 16.5. The molecule has 104 valence electrons. The fraction of sp³-hybridized carbons (Fsp3) is 1.00. The molecule has 1 unspecified atom stereocenters. The van der Waals surface area contributed by atoms with E-state index in [1.807, 2.05) is 0 Å². The molecule has 0 rings (SSSR count). The van der Waals surface area contributed by atoms with Crippen LogP contribution < -0.4 is 5.32 Å². The Morgan fingerprint density at radius 1 is 1.18 bits per heavy atom. The average molecular weight is 245 g/mol. The summed E-state index contributed by atoms with van der Waals surface area (Å²) in [7, 11) is 1.72. The quantitative estimate of drug-likeness (QED) is 0.634. The molecule has 0 amide bonds. The lowest BCUT2D eigenvalue weighted by Crippen LogP contribution is -2.43. The molecule has 3 heteroatoms. The molecule has 0 saturated carbocycles. The third-order valence-corrected chi connectivity index (χ3v) is 2.49. The topological polar surface area (TPSA) is 30.5 Å². The second-order valence-corrected chi connectivity index (χ2v) is 6.12. The Labute approximate surface area is 107 Å². The first-order chi connectivity index (χ1) is 7.85. The molecule has 0 aliphatic rings. The van der Waals surface area contributed by atoms with Crippen molar-refractivity contribution < 1.29 is 9.47 Å². The van der Waals surface area contributed by atoms with Crippen LogP contribution in [0.25, 0.3) is 0 Å². The highest BCUT2D eigenvalue weighted by molar-refractivity contribution is 4.73. The van der Waals surface area contributed by atoms with Gasteiger partial charge < -0.3 is 14.8 Å². The van der Waals surface area contributed by atoms with Gasteiger partial charge in [-0.15, -0.1) is 0 Å². The van der Waals surface area contributed by atoms with Crippen molar-refractivity contribution in [1.29, 1.82) is 0 Å². The molecule has 0 spiro atoms. The molecule has 0 heterocycles. The molecule has 0 aromatic carbocycles. The van der Waals surface area contributed by atoms with E-state index in [4.69, 9.17) is 9.47 Å². The van der Waals surface area contributed by atoms with Gasteiger partial charge in [-0.1, -0.05) is 13.8 Å². The van der Waals surface area contributed by atoms with Crippen molar-refractivity contribution in [1.82, 2.24) is 5.32 Å². The van der Waals surface area contributed by atoms with Gasteiger partial charge in [0.1, 0.15) is 0 Å². The van der Waals surface area contributed by atoms with E-state index in [0.29, 0.717) is 6.61 Å². The highest BCUT2D eigenvalue weighted by Crippen LogP contribution is 2.05. The van der Waals surface area contributed by atoms with Crippen molar-refractivity contribution in [3.63, 3.8) is 0 Å². The second kappa shape index (κ2) is 8.90. The Bertz CT molecular complexity index is 176. The number of hydrogen-bond donors (Lipinski definition) is 1. The SMILES string of the molecule is COCC(CNC(C)(C)C)OCCCC(C)C. The zero-order valence-corrected chi connectivity index (χ0v) is 12.5. The summed E-state index contributed by atoms with van der Waals surface area (Å²) >= 11 is 0. The van der Waals surface area contributed by atoms with Gasteiger partial charge in [0.05, 0.1) is 12.7 Å². The van der Waals surface area contributed by atoms with Crippen LogP contribution in [-0.4, -0.2) is 38.5 Å². The molecule has 0 fully saturated rings. The van der Waals surface area contributed by atoms with Gasteiger partial charge in [-0.25, -0.2) is 0 Å². The monoisotopic (exact) mass is 245 g/mol. The zero-order chi connectivity index (χ0) is 13.3. The fourth-order valence-corrected chi connectivity index (χ4v) is 1.51. The molecule has 3 nitrogen and oxygen atoms in total. The van der Waals surface area contributed by atoms with Crippen molar-refractivity contribution in [2.45, 2.75) is 59.1 Å². The molecular weight excluding hydrogens is 214 g/mol. The minimum Gasteiger partial charge on any atom is -0.382 e. The van der Waals surface area contributed by atoms with Crippen molar-refractivity contribution in [3.05, 3.63) is 0 Å². The second-order valence-electron chi connectivity index (χ2n) is 6.12. The predicted molar refractivity (Wildman–Crippen MR) is 73.4 cm³/mol. The van der Waals surface area contributed by atoms with Gasteiger partial charge in [-0.05, 0) is 39.5 Å². The Balaban J connectivity index is 3.74. The van der Waals surface area contributed by atoms with Crippen LogP contribution in [0.1, 0.15) is 47.5 Å². The van der Waals surface area contributed by atoms with E-state index in [0.717, 1.165) is 25.5 Å². The van der Waals surface area contributed by atoms with Gasteiger partial charge in [0.15, 0.2) is 0 Å². The first-order valence-corrected chi connectivity index (χ1v) is 6.70. The highest BCUT2D eigenvalue weighted by Gasteiger charge is 2.14. The third-order valence-electron chi connectivity index (χ3n) is 2.49. The minimum absolute atomic E-state index is 0.132. The van der Waals surface area contributed by atoms with Gasteiger partial charge in [0.2, 0.25) is 0 Å². The maximum Gasteiger partial charge on any atom is 0.0932 e. The summed E-state index contributed by atoms with van der Waals surface area (Å²) in [5, 5.41) is 3.45. The summed E-state index contributed by atoms with van der Waals surface area (Å²) in [6.07, 6.45) is 2.52. The summed E-state index contributed by atoms with van der Waals surface area (Å²) in [6.45, 7) is 13.3. The molecule has 0 radical (unpaired) electrons. The Hall–Kier alpha value is -0.120. The van der Waals surface area contributed by atoms with Crippen LogP contribution in [-0.2, 0) is 9.47 Å². The predicted octanol–water partition coefficient (Wildman–Crippen LogP) is 2.84. The average Bonchev–Trinajstić information content (AvgIpc) is 2.19. The molecule has 1 N–H and O–H groups in total. The lowest BCUT2D eigenvalue weighted by Gasteiger charge is -2.25. The Morgan fingerprint density at radius 2 is 1.82 bits per heavy atom. The van der Waals surface area contributed by atoms with E-state index < -0.39 is 0 Å². The molecule has 0 aliphatic carbocycles. The lowest BCUT2D eigenvalue weighted by atomic mass is 10.1. The number of methoxy groups -OCH3 is 1. The number of nitrogens with one attached hydrogen (secondary N) is 1. The van der Waals surface area contributed by atoms with Gasteiger partial charge in [-0.2, -0.15) is 0 Å². The van der Waals surface area contributed by atoms with Gasteiger partial charge in [0, 0.05) is 25.8 Å². The standard InChI is InChI=1S/C14H31NO2/c1-12(2)8-7-9-17-13(11-16-6)10-15-14(3,4)5/h12-13,15H,7-11H2,1-6H3. The van der Waals surface area contributed by atoms with Crippen LogP contribution in [0.15, 0.2) is 0 Å². The molecule has 0 saturated heterocycles. The van der Waals surface area contributed by atoms with Crippen molar-refractivity contribution >= 4 is 0 Å². The van der Waals surface area contributed by atoms with Crippen LogP contribution in [0.2, 0.25) is 0 Å². The van der Waals surface area contributed by atoms with Crippen LogP contribution in [0, 0.1) is 5.92 Å². The maximum absolute atomic E-state index is 5.84. The van der Waals surface area contributed by atoms with E-state index in [-0.39, 0.29) is 11.6 Å². The summed E-state index contributed by atoms with van der Waals surface area (Å²) in [5.74, 6) is 0.757. The van der Waals surface area contributed by atoms with E-state index in [1.54, 1.807) is 7.11 Å². The normalized spacial score (nSPS) is 14.3. The third kappa shape index (κ3) is 12.1. The van der Waals surface area contributed by atoms with E-state index in [2.05, 4.69) is 39.9 Å². The summed E-state index contributed by atoms with van der Waals surface area (Å²) < 4.78 is 11.0. The van der Waals surface area contributed by atoms with Crippen molar-refractivity contribution in [3.8, 4) is 0 Å². The summed E-state index contributed by atoms with van der Waals surface area (Å²) in [5.41, 5.74) is 0.132. The smallest absolute Gasteiger partial charge is 0.0932 e. The van der Waals surface area contributed by atoms with Gasteiger partial charge in [-0.3, -0.25) is 0 Å². The molecule has 0 aromatic heterocycles. The molecule has 0 aliphatic heterocycles. The Kier molecular flexibility index (Phi) is 8.83. The van der Waals surface area contributed by atoms with Gasteiger partial charge >= 0.3 is 0 Å². The molecule has 17 heavy (non-hydrogen) atoms. The van der Waals surface area contributed by atoms with Crippen LogP contribution in [0.4, 0.5) is 0 Å². The Morgan fingerprint density at radius 3 is 2.29 bits per heavy atom. The van der Waals surface area contributed by atoms with Crippen LogP contribution >= 0.6 is 0 Å². The minimum atomic E-state index is 0.132. The van der Waals surface area contributed by atoms with E-state index in [1.165, 1.54) is 6.42 Å². The number of rotatable bonds is 9. The summed E-state index contributed by atoms with van der Waals surface area (Å²) in [6, 6.07) is 0. The first kappa shape index (κ1) is 16.9. The fourth-order valence-electron chi connectivity index (χ4n) is 1.51. The molecular formula is C14H31NO2. The van der Waals surface area contributed by atoms with E-state index in [9.17, 15) is 0 Å². The lowest BCUT2D eigenvalue weighted by molar-refractivity contribution is -0.00580. The summed E-state index contributed by atoms with van der Waals surface area (Å²) in [4.78, 5) is 0. The first-order valence-electron chi connectivity index (χ1n) is 6.70. The number of hydrogen-bond acceptors (Lipinski definition) is 3. The molecule has 1 atom stereocenters. The number of ether oxygens (including phenoxy) is 2. The largest absolute Gasteiger partial charge is 0.382 e. The molecule has 0 aromatic rings. The van der Waals surface area contributed by atoms with Crippen LogP contribution in [0.3, 0.4) is 0 Å². The zero-order valence-electron chi connectivity index (χ0n) is 12.5. The van der Waals surface area contributed by atoms with Gasteiger partial charge in [0.25, 0.3) is 0 Å². The van der Waals surface area contributed by atoms with Crippen LogP contribution in [0.5, 0.6) is 0 Å². The maximum atomic E-state index is 5.84.